The lowest BCUT2D eigenvalue weighted by atomic mass is 10.1. The first-order valence-electron chi connectivity index (χ1n) is 7.71. The second-order valence-electron chi connectivity index (χ2n) is 5.80. The fraction of sp³-hybridized carbons (Fsp3) is 0.375. The molecule has 1 saturated carbocycles. The van der Waals surface area contributed by atoms with E-state index in [1.54, 1.807) is 35.8 Å². The molecule has 2 aromatic rings. The van der Waals surface area contributed by atoms with Gasteiger partial charge in [-0.15, -0.1) is 5.10 Å². The Kier molecular flexibility index (Phi) is 4.57. The molecule has 0 radical (unpaired) electrons. The smallest absolute Gasteiger partial charge is 0.325 e. The standard InChI is InChI=1S/C16H18N4O3S/c1-9(21)11-3-5-12(6-4-11)17-14(22)10(2)24-16-19-18-15(23)20(16)13-7-8-13/h3-6,10,13H,7-8H2,1-2H3,(H,17,22)(H,18,23)/t10-/m0/s1. The highest BCUT2D eigenvalue weighted by atomic mass is 32.2. The van der Waals surface area contributed by atoms with Crippen LogP contribution >= 0.6 is 11.8 Å². The van der Waals surface area contributed by atoms with Crippen molar-refractivity contribution in [3.63, 3.8) is 0 Å². The number of nitrogens with one attached hydrogen (secondary N) is 2. The maximum atomic E-state index is 12.3. The fourth-order valence-corrected chi connectivity index (χ4v) is 3.20. The lowest BCUT2D eigenvalue weighted by molar-refractivity contribution is -0.115. The van der Waals surface area contributed by atoms with Gasteiger partial charge in [-0.05, 0) is 51.0 Å². The van der Waals surface area contributed by atoms with Gasteiger partial charge >= 0.3 is 5.69 Å². The predicted octanol–water partition coefficient (Wildman–Crippen LogP) is 2.23. The molecule has 0 spiro atoms. The maximum Gasteiger partial charge on any atom is 0.344 e. The number of anilines is 1. The Morgan fingerprint density at radius 3 is 2.58 bits per heavy atom. The lowest BCUT2D eigenvalue weighted by Crippen LogP contribution is -2.23. The average Bonchev–Trinajstić information content (AvgIpc) is 3.32. The highest BCUT2D eigenvalue weighted by molar-refractivity contribution is 8.00. The fourth-order valence-electron chi connectivity index (χ4n) is 2.27. The molecular weight excluding hydrogens is 328 g/mol. The molecule has 0 bridgehead atoms. The topological polar surface area (TPSA) is 96.8 Å². The third-order valence-electron chi connectivity index (χ3n) is 3.79. The number of hydrogen-bond donors (Lipinski definition) is 2. The molecule has 3 rings (SSSR count). The summed E-state index contributed by atoms with van der Waals surface area (Å²) in [6.45, 7) is 3.26. The van der Waals surface area contributed by atoms with Crippen LogP contribution in [-0.2, 0) is 4.79 Å². The van der Waals surface area contributed by atoms with E-state index < -0.39 is 5.25 Å². The van der Waals surface area contributed by atoms with Crippen LogP contribution in [-0.4, -0.2) is 31.7 Å². The number of aromatic amines is 1. The number of rotatable bonds is 6. The van der Waals surface area contributed by atoms with Crippen molar-refractivity contribution in [3.05, 3.63) is 40.3 Å². The van der Waals surface area contributed by atoms with Crippen molar-refractivity contribution in [2.75, 3.05) is 5.32 Å². The van der Waals surface area contributed by atoms with E-state index in [-0.39, 0.29) is 23.4 Å². The summed E-state index contributed by atoms with van der Waals surface area (Å²) in [6, 6.07) is 6.94. The summed E-state index contributed by atoms with van der Waals surface area (Å²) in [5, 5.41) is 9.38. The van der Waals surface area contributed by atoms with E-state index in [0.717, 1.165) is 12.8 Å². The number of benzene rings is 1. The molecule has 1 amide bonds. The van der Waals surface area contributed by atoms with E-state index in [0.29, 0.717) is 16.4 Å². The minimum absolute atomic E-state index is 0.0200. The number of amides is 1. The molecule has 1 heterocycles. The monoisotopic (exact) mass is 346 g/mol. The largest absolute Gasteiger partial charge is 0.344 e. The van der Waals surface area contributed by atoms with Crippen molar-refractivity contribution in [3.8, 4) is 0 Å². The number of aromatic nitrogens is 3. The van der Waals surface area contributed by atoms with Crippen LogP contribution in [0.5, 0.6) is 0 Å². The van der Waals surface area contributed by atoms with Gasteiger partial charge in [-0.25, -0.2) is 9.89 Å². The molecular formula is C16H18N4O3S. The Balaban J connectivity index is 1.64. The first-order valence-corrected chi connectivity index (χ1v) is 8.59. The molecule has 126 valence electrons. The van der Waals surface area contributed by atoms with Gasteiger partial charge in [-0.3, -0.25) is 14.2 Å². The number of hydrogen-bond acceptors (Lipinski definition) is 5. The SMILES string of the molecule is CC(=O)c1ccc(NC(=O)[C@H](C)Sc2n[nH]c(=O)n2C2CC2)cc1. The van der Waals surface area contributed by atoms with Gasteiger partial charge in [0.15, 0.2) is 10.9 Å². The number of nitrogens with zero attached hydrogens (tertiary/aromatic N) is 2. The lowest BCUT2D eigenvalue weighted by Gasteiger charge is -2.12. The minimum Gasteiger partial charge on any atom is -0.325 e. The van der Waals surface area contributed by atoms with Crippen LogP contribution in [0.4, 0.5) is 5.69 Å². The van der Waals surface area contributed by atoms with Crippen molar-refractivity contribution in [1.82, 2.24) is 14.8 Å². The van der Waals surface area contributed by atoms with Gasteiger partial charge in [0.05, 0.1) is 5.25 Å². The summed E-state index contributed by atoms with van der Waals surface area (Å²) in [5.74, 6) is -0.207. The number of carbonyl (C=O) groups is 2. The average molecular weight is 346 g/mol. The molecule has 0 aliphatic heterocycles. The van der Waals surface area contributed by atoms with Gasteiger partial charge in [-0.1, -0.05) is 11.8 Å². The first kappa shape index (κ1) is 16.5. The molecule has 1 fully saturated rings. The predicted molar refractivity (Wildman–Crippen MR) is 91.5 cm³/mol. The van der Waals surface area contributed by atoms with E-state index in [4.69, 9.17) is 0 Å². The minimum atomic E-state index is -0.412. The van der Waals surface area contributed by atoms with Crippen LogP contribution in [0, 0.1) is 0 Å². The summed E-state index contributed by atoms with van der Waals surface area (Å²) in [4.78, 5) is 35.3. The van der Waals surface area contributed by atoms with Crippen molar-refractivity contribution < 1.29 is 9.59 Å². The second-order valence-corrected chi connectivity index (χ2v) is 7.10. The molecule has 1 atom stereocenters. The number of Topliss-reactive ketones (excluding diaryl/α,β-unsaturated/α-hetero) is 1. The van der Waals surface area contributed by atoms with Gasteiger partial charge in [0.25, 0.3) is 0 Å². The quantitative estimate of drug-likeness (QED) is 0.617. The Labute approximate surface area is 142 Å². The normalized spacial score (nSPS) is 15.1. The molecule has 1 aromatic heterocycles. The van der Waals surface area contributed by atoms with E-state index in [1.165, 1.54) is 18.7 Å². The summed E-state index contributed by atoms with van der Waals surface area (Å²) < 4.78 is 1.62. The molecule has 0 saturated heterocycles. The van der Waals surface area contributed by atoms with Gasteiger partial charge < -0.3 is 5.32 Å². The summed E-state index contributed by atoms with van der Waals surface area (Å²) in [5.41, 5.74) is 0.992. The molecule has 7 nitrogen and oxygen atoms in total. The van der Waals surface area contributed by atoms with Crippen LogP contribution in [0.25, 0.3) is 0 Å². The zero-order valence-electron chi connectivity index (χ0n) is 13.4. The Morgan fingerprint density at radius 2 is 2.00 bits per heavy atom. The van der Waals surface area contributed by atoms with Crippen LogP contribution in [0.3, 0.4) is 0 Å². The highest BCUT2D eigenvalue weighted by Gasteiger charge is 2.30. The van der Waals surface area contributed by atoms with Crippen LogP contribution < -0.4 is 11.0 Å². The molecule has 1 aliphatic rings. The highest BCUT2D eigenvalue weighted by Crippen LogP contribution is 2.36. The summed E-state index contributed by atoms with van der Waals surface area (Å²) in [7, 11) is 0. The molecule has 8 heteroatoms. The second kappa shape index (κ2) is 6.64. The Bertz CT molecular complexity index is 821. The third-order valence-corrected chi connectivity index (χ3v) is 4.86. The Hall–Kier alpha value is -2.35. The van der Waals surface area contributed by atoms with Gasteiger partial charge in [0, 0.05) is 17.3 Å². The first-order chi connectivity index (χ1) is 11.5. The number of ketones is 1. The van der Waals surface area contributed by atoms with E-state index in [9.17, 15) is 14.4 Å². The van der Waals surface area contributed by atoms with Gasteiger partial charge in [0.1, 0.15) is 0 Å². The molecule has 1 aromatic carbocycles. The summed E-state index contributed by atoms with van der Waals surface area (Å²) in [6.07, 6.45) is 1.94. The van der Waals surface area contributed by atoms with Crippen LogP contribution in [0.15, 0.2) is 34.2 Å². The Morgan fingerprint density at radius 1 is 1.33 bits per heavy atom. The molecule has 1 aliphatic carbocycles. The molecule has 2 N–H and O–H groups in total. The number of carbonyl (C=O) groups excluding carboxylic acids is 2. The van der Waals surface area contributed by atoms with Crippen LogP contribution in [0.1, 0.15) is 43.1 Å². The van der Waals surface area contributed by atoms with E-state index in [2.05, 4.69) is 15.5 Å². The van der Waals surface area contributed by atoms with Crippen molar-refractivity contribution >= 4 is 29.1 Å². The number of H-pyrrole nitrogens is 1. The maximum absolute atomic E-state index is 12.3. The van der Waals surface area contributed by atoms with Gasteiger partial charge in [-0.2, -0.15) is 0 Å². The zero-order chi connectivity index (χ0) is 17.3. The van der Waals surface area contributed by atoms with Crippen molar-refractivity contribution in [1.29, 1.82) is 0 Å². The van der Waals surface area contributed by atoms with Crippen molar-refractivity contribution in [2.24, 2.45) is 0 Å². The van der Waals surface area contributed by atoms with Crippen molar-refractivity contribution in [2.45, 2.75) is 43.1 Å². The zero-order valence-corrected chi connectivity index (χ0v) is 14.2. The van der Waals surface area contributed by atoms with Gasteiger partial charge in [0.2, 0.25) is 5.91 Å². The third kappa shape index (κ3) is 3.59. The molecule has 24 heavy (non-hydrogen) atoms. The summed E-state index contributed by atoms with van der Waals surface area (Å²) >= 11 is 1.25. The van der Waals surface area contributed by atoms with E-state index >= 15 is 0 Å². The van der Waals surface area contributed by atoms with Crippen LogP contribution in [0.2, 0.25) is 0 Å². The number of thioether (sulfide) groups is 1. The van der Waals surface area contributed by atoms with E-state index in [1.807, 2.05) is 0 Å². The molecule has 0 unspecified atom stereocenters.